The number of aromatic carboxylic acids is 1. The standard InChI is InChI=1S/C12H9N3O4S2/c13-5-8-1-3-9(4-2-8)21(18,19)14-6-11-15-10(7-20-11)12(16)17/h1-4,7,14H,6H2,(H,16,17). The van der Waals surface area contributed by atoms with Crippen LogP contribution < -0.4 is 4.72 Å². The molecule has 1 aromatic heterocycles. The average Bonchev–Trinajstić information content (AvgIpc) is 2.94. The van der Waals surface area contributed by atoms with Gasteiger partial charge < -0.3 is 5.11 Å². The van der Waals surface area contributed by atoms with E-state index in [2.05, 4.69) is 9.71 Å². The minimum atomic E-state index is -3.73. The number of rotatable bonds is 5. The Kier molecular flexibility index (Phi) is 4.32. The first-order valence-corrected chi connectivity index (χ1v) is 7.96. The first-order valence-electron chi connectivity index (χ1n) is 5.60. The highest BCUT2D eigenvalue weighted by Crippen LogP contribution is 2.13. The van der Waals surface area contributed by atoms with E-state index in [9.17, 15) is 13.2 Å². The van der Waals surface area contributed by atoms with Gasteiger partial charge in [0.25, 0.3) is 0 Å². The fraction of sp³-hybridized carbons (Fsp3) is 0.0833. The summed E-state index contributed by atoms with van der Waals surface area (Å²) in [4.78, 5) is 14.5. The summed E-state index contributed by atoms with van der Waals surface area (Å²) in [5.74, 6) is -1.16. The van der Waals surface area contributed by atoms with Crippen LogP contribution in [0.3, 0.4) is 0 Å². The molecule has 0 amide bonds. The number of hydrogen-bond donors (Lipinski definition) is 2. The van der Waals surface area contributed by atoms with Crippen LogP contribution in [0.4, 0.5) is 0 Å². The molecule has 0 fully saturated rings. The number of hydrogen-bond acceptors (Lipinski definition) is 6. The van der Waals surface area contributed by atoms with Crippen molar-refractivity contribution in [1.82, 2.24) is 9.71 Å². The molecule has 0 saturated heterocycles. The molecule has 0 bridgehead atoms. The lowest BCUT2D eigenvalue weighted by Gasteiger charge is -2.04. The van der Waals surface area contributed by atoms with E-state index in [1.165, 1.54) is 29.6 Å². The van der Waals surface area contributed by atoms with Crippen LogP contribution >= 0.6 is 11.3 Å². The maximum Gasteiger partial charge on any atom is 0.355 e. The van der Waals surface area contributed by atoms with Crippen LogP contribution in [0.1, 0.15) is 21.1 Å². The number of carboxylic acids is 1. The third-order valence-corrected chi connectivity index (χ3v) is 4.74. The van der Waals surface area contributed by atoms with Crippen LogP contribution in [0.15, 0.2) is 34.5 Å². The molecule has 0 radical (unpaired) electrons. The Hall–Kier alpha value is -2.28. The molecule has 0 unspecified atom stereocenters. The molecule has 108 valence electrons. The predicted octanol–water partition coefficient (Wildman–Crippen LogP) is 1.19. The molecule has 0 spiro atoms. The number of nitrogens with zero attached hydrogens (tertiary/aromatic N) is 2. The van der Waals surface area contributed by atoms with Gasteiger partial charge >= 0.3 is 5.97 Å². The summed E-state index contributed by atoms with van der Waals surface area (Å²) in [6.07, 6.45) is 0. The molecule has 0 aliphatic rings. The van der Waals surface area contributed by atoms with E-state index >= 15 is 0 Å². The SMILES string of the molecule is N#Cc1ccc(S(=O)(=O)NCc2nc(C(=O)O)cs2)cc1. The van der Waals surface area contributed by atoms with Gasteiger partial charge in [0.15, 0.2) is 5.69 Å². The van der Waals surface area contributed by atoms with Crippen molar-refractivity contribution in [3.63, 3.8) is 0 Å². The van der Waals surface area contributed by atoms with Gasteiger partial charge in [-0.25, -0.2) is 22.9 Å². The lowest BCUT2D eigenvalue weighted by atomic mass is 10.2. The maximum atomic E-state index is 12.0. The zero-order chi connectivity index (χ0) is 15.5. The van der Waals surface area contributed by atoms with Gasteiger partial charge in [0.2, 0.25) is 10.0 Å². The van der Waals surface area contributed by atoms with E-state index in [-0.39, 0.29) is 17.1 Å². The highest BCUT2D eigenvalue weighted by atomic mass is 32.2. The van der Waals surface area contributed by atoms with Crippen LogP contribution in [0.5, 0.6) is 0 Å². The zero-order valence-corrected chi connectivity index (χ0v) is 12.1. The largest absolute Gasteiger partial charge is 0.476 e. The van der Waals surface area contributed by atoms with Crippen LogP contribution in [0, 0.1) is 11.3 Å². The molecule has 1 heterocycles. The summed E-state index contributed by atoms with van der Waals surface area (Å²) in [5, 5.41) is 19.1. The average molecular weight is 323 g/mol. The molecule has 21 heavy (non-hydrogen) atoms. The molecule has 0 aliphatic carbocycles. The zero-order valence-electron chi connectivity index (χ0n) is 10.5. The summed E-state index contributed by atoms with van der Waals surface area (Å²) in [6, 6.07) is 7.35. The highest BCUT2D eigenvalue weighted by Gasteiger charge is 2.15. The van der Waals surface area contributed by atoms with Crippen LogP contribution in [-0.2, 0) is 16.6 Å². The smallest absolute Gasteiger partial charge is 0.355 e. The third kappa shape index (κ3) is 3.63. The quantitative estimate of drug-likeness (QED) is 0.852. The Morgan fingerprint density at radius 2 is 2.05 bits per heavy atom. The van der Waals surface area contributed by atoms with Gasteiger partial charge in [-0.05, 0) is 24.3 Å². The third-order valence-electron chi connectivity index (χ3n) is 2.48. The molecule has 2 aromatic rings. The van der Waals surface area contributed by atoms with Gasteiger partial charge in [0, 0.05) is 5.38 Å². The molecule has 2 N–H and O–H groups in total. The van der Waals surface area contributed by atoms with E-state index < -0.39 is 16.0 Å². The Morgan fingerprint density at radius 1 is 1.38 bits per heavy atom. The molecule has 7 nitrogen and oxygen atoms in total. The maximum absolute atomic E-state index is 12.0. The molecule has 0 aliphatic heterocycles. The number of sulfonamides is 1. The second-order valence-electron chi connectivity index (χ2n) is 3.89. The van der Waals surface area contributed by atoms with Gasteiger partial charge in [-0.3, -0.25) is 0 Å². The fourth-order valence-electron chi connectivity index (χ4n) is 1.44. The molecule has 9 heteroatoms. The summed E-state index contributed by atoms with van der Waals surface area (Å²) < 4.78 is 26.4. The minimum absolute atomic E-state index is 0.0246. The van der Waals surface area contributed by atoms with Crippen molar-refractivity contribution in [2.24, 2.45) is 0 Å². The van der Waals surface area contributed by atoms with Gasteiger partial charge in [-0.15, -0.1) is 11.3 Å². The Balaban J connectivity index is 2.09. The Bertz CT molecular complexity index is 804. The number of nitrogens with one attached hydrogen (secondary N) is 1. The summed E-state index contributed by atoms with van der Waals surface area (Å²) in [6.45, 7) is -0.0969. The first-order chi connectivity index (χ1) is 9.92. The summed E-state index contributed by atoms with van der Waals surface area (Å²) in [7, 11) is -3.73. The summed E-state index contributed by atoms with van der Waals surface area (Å²) >= 11 is 1.06. The number of nitriles is 1. The van der Waals surface area contributed by atoms with Crippen molar-refractivity contribution in [3.05, 3.63) is 45.9 Å². The van der Waals surface area contributed by atoms with Crippen molar-refractivity contribution in [2.75, 3.05) is 0 Å². The molecule has 0 saturated carbocycles. The number of benzene rings is 1. The number of thiazole rings is 1. The van der Waals surface area contributed by atoms with Crippen molar-refractivity contribution < 1.29 is 18.3 Å². The molecule has 2 rings (SSSR count). The summed E-state index contributed by atoms with van der Waals surface area (Å²) in [5.41, 5.74) is 0.243. The van der Waals surface area contributed by atoms with Crippen molar-refractivity contribution >= 4 is 27.3 Å². The lowest BCUT2D eigenvalue weighted by Crippen LogP contribution is -2.23. The molecular formula is C12H9N3O4S2. The van der Waals surface area contributed by atoms with Gasteiger partial charge in [0.1, 0.15) is 5.01 Å². The van der Waals surface area contributed by atoms with E-state index in [4.69, 9.17) is 10.4 Å². The van der Waals surface area contributed by atoms with Crippen molar-refractivity contribution in [1.29, 1.82) is 5.26 Å². The van der Waals surface area contributed by atoms with Gasteiger partial charge in [0.05, 0.1) is 23.1 Å². The fourth-order valence-corrected chi connectivity index (χ4v) is 3.23. The predicted molar refractivity (Wildman–Crippen MR) is 74.3 cm³/mol. The second-order valence-corrected chi connectivity index (χ2v) is 6.60. The van der Waals surface area contributed by atoms with E-state index in [0.717, 1.165) is 11.3 Å². The topological polar surface area (TPSA) is 120 Å². The monoisotopic (exact) mass is 323 g/mol. The van der Waals surface area contributed by atoms with Crippen molar-refractivity contribution in [2.45, 2.75) is 11.4 Å². The van der Waals surface area contributed by atoms with E-state index in [1.807, 2.05) is 6.07 Å². The molecular weight excluding hydrogens is 314 g/mol. The van der Waals surface area contributed by atoms with Crippen LogP contribution in [0.25, 0.3) is 0 Å². The van der Waals surface area contributed by atoms with Crippen LogP contribution in [-0.4, -0.2) is 24.5 Å². The second kappa shape index (κ2) is 6.01. The van der Waals surface area contributed by atoms with Crippen LogP contribution in [0.2, 0.25) is 0 Å². The number of carbonyl (C=O) groups is 1. The van der Waals surface area contributed by atoms with E-state index in [1.54, 1.807) is 0 Å². The van der Waals surface area contributed by atoms with Crippen molar-refractivity contribution in [3.8, 4) is 6.07 Å². The molecule has 0 atom stereocenters. The molecule has 1 aromatic carbocycles. The highest BCUT2D eigenvalue weighted by molar-refractivity contribution is 7.89. The Labute approximate surface area is 124 Å². The first kappa shape index (κ1) is 15.1. The normalized spacial score (nSPS) is 11.0. The minimum Gasteiger partial charge on any atom is -0.476 e. The Morgan fingerprint density at radius 3 is 2.57 bits per heavy atom. The van der Waals surface area contributed by atoms with Gasteiger partial charge in [-0.2, -0.15) is 5.26 Å². The number of carboxylic acid groups (broad SMARTS) is 1. The number of aromatic nitrogens is 1. The van der Waals surface area contributed by atoms with Gasteiger partial charge in [-0.1, -0.05) is 0 Å². The van der Waals surface area contributed by atoms with E-state index in [0.29, 0.717) is 10.6 Å². The lowest BCUT2D eigenvalue weighted by molar-refractivity contribution is 0.0691.